The van der Waals surface area contributed by atoms with Crippen LogP contribution in [0.25, 0.3) is 11.0 Å². The zero-order chi connectivity index (χ0) is 20.6. The van der Waals surface area contributed by atoms with E-state index in [1.165, 1.54) is 10.6 Å². The first-order valence-corrected chi connectivity index (χ1v) is 9.17. The van der Waals surface area contributed by atoms with Gasteiger partial charge in [-0.15, -0.1) is 0 Å². The van der Waals surface area contributed by atoms with Gasteiger partial charge in [-0.1, -0.05) is 13.8 Å². The van der Waals surface area contributed by atoms with Crippen molar-refractivity contribution in [2.24, 2.45) is 11.7 Å². The minimum atomic E-state index is -3.26. The Morgan fingerprint density at radius 2 is 2.11 bits per heavy atom. The summed E-state index contributed by atoms with van der Waals surface area (Å²) in [5, 5.41) is 2.05. The highest BCUT2D eigenvalue weighted by Crippen LogP contribution is 2.39. The molecule has 1 aliphatic rings. The van der Waals surface area contributed by atoms with Crippen LogP contribution in [0.1, 0.15) is 48.7 Å². The second-order valence-corrected chi connectivity index (χ2v) is 7.57. The average Bonchev–Trinajstić information content (AvgIpc) is 3.47. The Hall–Kier alpha value is -2.62. The number of fused-ring (bicyclic) bond motifs is 1. The van der Waals surface area contributed by atoms with Crippen molar-refractivity contribution in [3.8, 4) is 0 Å². The van der Waals surface area contributed by atoms with Crippen molar-refractivity contribution in [2.75, 3.05) is 13.1 Å². The Bertz CT molecular complexity index is 1020. The van der Waals surface area contributed by atoms with E-state index in [9.17, 15) is 23.2 Å². The Balaban J connectivity index is 2.17. The Morgan fingerprint density at radius 3 is 2.68 bits per heavy atom. The van der Waals surface area contributed by atoms with Gasteiger partial charge in [0.25, 0.3) is 17.4 Å². The van der Waals surface area contributed by atoms with Gasteiger partial charge in [0.15, 0.2) is 5.65 Å². The number of nitrogens with one attached hydrogen (secondary N) is 2. The fraction of sp³-hybridized carbons (Fsp3) is 0.556. The first-order chi connectivity index (χ1) is 13.1. The van der Waals surface area contributed by atoms with Crippen LogP contribution in [0.5, 0.6) is 0 Å². The van der Waals surface area contributed by atoms with Crippen LogP contribution in [-0.2, 0) is 6.54 Å². The molecule has 8 nitrogen and oxygen atoms in total. The second kappa shape index (κ2) is 7.42. The smallest absolute Gasteiger partial charge is 0.330 e. The van der Waals surface area contributed by atoms with E-state index in [1.54, 1.807) is 0 Å². The van der Waals surface area contributed by atoms with Crippen molar-refractivity contribution in [2.45, 2.75) is 45.1 Å². The summed E-state index contributed by atoms with van der Waals surface area (Å²) in [5.74, 6) is -3.88. The SMILES string of the molecule is CC(C)Cn1c(=O)[nH]c(=O)c2c(C(=O)NCC(F)(F)CN)cc(C3CC3)nc21. The molecule has 0 saturated heterocycles. The molecule has 3 rings (SSSR count). The van der Waals surface area contributed by atoms with E-state index in [0.29, 0.717) is 12.2 Å². The predicted octanol–water partition coefficient (Wildman–Crippen LogP) is 0.942. The number of aromatic nitrogens is 3. The van der Waals surface area contributed by atoms with Gasteiger partial charge < -0.3 is 11.1 Å². The van der Waals surface area contributed by atoms with Crippen molar-refractivity contribution < 1.29 is 13.6 Å². The molecule has 1 fully saturated rings. The molecule has 1 saturated carbocycles. The number of hydrogen-bond acceptors (Lipinski definition) is 5. The number of rotatable bonds is 7. The molecule has 2 aromatic heterocycles. The van der Waals surface area contributed by atoms with Crippen LogP contribution in [0.3, 0.4) is 0 Å². The summed E-state index contributed by atoms with van der Waals surface area (Å²) in [6.45, 7) is 2.23. The van der Waals surface area contributed by atoms with Crippen LogP contribution in [0.15, 0.2) is 15.7 Å². The van der Waals surface area contributed by atoms with Crippen molar-refractivity contribution in [1.29, 1.82) is 0 Å². The third-order valence-corrected chi connectivity index (χ3v) is 4.56. The van der Waals surface area contributed by atoms with E-state index < -0.39 is 36.2 Å². The van der Waals surface area contributed by atoms with Gasteiger partial charge in [-0.25, -0.2) is 18.6 Å². The lowest BCUT2D eigenvalue weighted by Crippen LogP contribution is -2.42. The number of H-pyrrole nitrogens is 1. The van der Waals surface area contributed by atoms with Crippen molar-refractivity contribution in [3.63, 3.8) is 0 Å². The Labute approximate surface area is 159 Å². The molecule has 0 spiro atoms. The summed E-state index contributed by atoms with van der Waals surface area (Å²) in [7, 11) is 0. The van der Waals surface area contributed by atoms with E-state index in [0.717, 1.165) is 12.8 Å². The lowest BCUT2D eigenvalue weighted by Gasteiger charge is -2.17. The van der Waals surface area contributed by atoms with Gasteiger partial charge in [-0.2, -0.15) is 0 Å². The number of nitrogens with two attached hydrogens (primary N) is 1. The molecular weight excluding hydrogens is 372 g/mol. The average molecular weight is 395 g/mol. The van der Waals surface area contributed by atoms with Gasteiger partial charge >= 0.3 is 5.69 Å². The van der Waals surface area contributed by atoms with Crippen LogP contribution in [-0.4, -0.2) is 39.5 Å². The highest BCUT2D eigenvalue weighted by atomic mass is 19.3. The Kier molecular flexibility index (Phi) is 5.33. The maximum atomic E-state index is 13.4. The topological polar surface area (TPSA) is 123 Å². The molecule has 28 heavy (non-hydrogen) atoms. The number of halogens is 2. The summed E-state index contributed by atoms with van der Waals surface area (Å²) in [5.41, 5.74) is 4.21. The molecule has 0 unspecified atom stereocenters. The first kappa shape index (κ1) is 20.1. The number of amides is 1. The molecule has 1 aliphatic carbocycles. The molecule has 0 atom stereocenters. The van der Waals surface area contributed by atoms with Crippen LogP contribution < -0.4 is 22.3 Å². The van der Waals surface area contributed by atoms with Crippen LogP contribution in [0, 0.1) is 5.92 Å². The number of pyridine rings is 1. The number of aromatic amines is 1. The molecule has 4 N–H and O–H groups in total. The minimum Gasteiger partial charge on any atom is -0.346 e. The van der Waals surface area contributed by atoms with Gasteiger partial charge in [-0.05, 0) is 24.8 Å². The summed E-state index contributed by atoms with van der Waals surface area (Å²) in [6, 6.07) is 1.45. The number of carbonyl (C=O) groups excluding carboxylic acids is 1. The largest absolute Gasteiger partial charge is 0.346 e. The molecule has 0 bridgehead atoms. The van der Waals surface area contributed by atoms with Gasteiger partial charge in [0.05, 0.1) is 24.0 Å². The fourth-order valence-electron chi connectivity index (χ4n) is 2.97. The van der Waals surface area contributed by atoms with Crippen molar-refractivity contribution >= 4 is 16.9 Å². The van der Waals surface area contributed by atoms with E-state index in [2.05, 4.69) is 15.3 Å². The summed E-state index contributed by atoms with van der Waals surface area (Å²) >= 11 is 0. The number of carbonyl (C=O) groups is 1. The first-order valence-electron chi connectivity index (χ1n) is 9.17. The van der Waals surface area contributed by atoms with Crippen molar-refractivity contribution in [3.05, 3.63) is 38.2 Å². The van der Waals surface area contributed by atoms with Gasteiger partial charge in [0.2, 0.25) is 0 Å². The second-order valence-electron chi connectivity index (χ2n) is 7.57. The van der Waals surface area contributed by atoms with Crippen LogP contribution >= 0.6 is 0 Å². The highest BCUT2D eigenvalue weighted by Gasteiger charge is 2.31. The zero-order valence-corrected chi connectivity index (χ0v) is 15.7. The maximum Gasteiger partial charge on any atom is 0.330 e. The quantitative estimate of drug-likeness (QED) is 0.644. The molecule has 0 radical (unpaired) electrons. The lowest BCUT2D eigenvalue weighted by atomic mass is 10.1. The number of hydrogen-bond donors (Lipinski definition) is 3. The molecule has 2 heterocycles. The highest BCUT2D eigenvalue weighted by molar-refractivity contribution is 6.05. The van der Waals surface area contributed by atoms with Crippen LogP contribution in [0.2, 0.25) is 0 Å². The summed E-state index contributed by atoms with van der Waals surface area (Å²) < 4.78 is 28.2. The summed E-state index contributed by atoms with van der Waals surface area (Å²) in [4.78, 5) is 44.1. The lowest BCUT2D eigenvalue weighted by molar-refractivity contribution is 0.0119. The van der Waals surface area contributed by atoms with Crippen LogP contribution in [0.4, 0.5) is 8.78 Å². The molecule has 0 aliphatic heterocycles. The minimum absolute atomic E-state index is 0.0709. The predicted molar refractivity (Wildman–Crippen MR) is 99.8 cm³/mol. The van der Waals surface area contributed by atoms with Gasteiger partial charge in [0, 0.05) is 18.2 Å². The zero-order valence-electron chi connectivity index (χ0n) is 15.7. The monoisotopic (exact) mass is 395 g/mol. The molecule has 10 heteroatoms. The number of alkyl halides is 2. The van der Waals surface area contributed by atoms with E-state index in [4.69, 9.17) is 5.73 Å². The van der Waals surface area contributed by atoms with Crippen molar-refractivity contribution in [1.82, 2.24) is 19.9 Å². The standard InChI is InChI=1S/C18H23F2N5O3/c1-9(2)6-25-14-13(16(27)24-17(25)28)11(5-12(23-14)10-3-4-10)15(26)22-8-18(19,20)7-21/h5,9-10H,3-4,6-8,21H2,1-2H3,(H,22,26)(H,24,27,28). The third kappa shape index (κ3) is 4.11. The van der Waals surface area contributed by atoms with Gasteiger partial charge in [-0.3, -0.25) is 19.1 Å². The summed E-state index contributed by atoms with van der Waals surface area (Å²) in [6.07, 6.45) is 1.75. The van der Waals surface area contributed by atoms with Gasteiger partial charge in [0.1, 0.15) is 0 Å². The maximum absolute atomic E-state index is 13.4. The molecule has 0 aromatic carbocycles. The van der Waals surface area contributed by atoms with E-state index in [1.807, 2.05) is 13.8 Å². The molecule has 152 valence electrons. The molecular formula is C18H23F2N5O3. The Morgan fingerprint density at radius 1 is 1.43 bits per heavy atom. The normalized spacial score (nSPS) is 14.6. The van der Waals surface area contributed by atoms with E-state index in [-0.39, 0.29) is 28.4 Å². The number of nitrogens with zero attached hydrogens (tertiary/aromatic N) is 2. The molecule has 2 aromatic rings. The fourth-order valence-corrected chi connectivity index (χ4v) is 2.97. The van der Waals surface area contributed by atoms with E-state index >= 15 is 0 Å². The molecule has 1 amide bonds. The third-order valence-electron chi connectivity index (χ3n) is 4.56.